The van der Waals surface area contributed by atoms with Crippen LogP contribution in [-0.4, -0.2) is 18.0 Å². The molecule has 0 unspecified atom stereocenters. The zero-order valence-electron chi connectivity index (χ0n) is 31.2. The Balaban J connectivity index is 0.000000182. The molecule has 1 radical (unpaired) electrons. The molecule has 2 nitrogen and oxygen atoms in total. The van der Waals surface area contributed by atoms with E-state index in [2.05, 4.69) is 138 Å². The number of pyridine rings is 2. The minimum atomic E-state index is -1.35. The Labute approximate surface area is 329 Å². The minimum Gasteiger partial charge on any atom is -0.305 e. The van der Waals surface area contributed by atoms with Crippen molar-refractivity contribution in [1.29, 1.82) is 0 Å². The molecule has 0 aliphatic heterocycles. The van der Waals surface area contributed by atoms with Gasteiger partial charge in [0.25, 0.3) is 0 Å². The van der Waals surface area contributed by atoms with E-state index in [0.717, 1.165) is 28.4 Å². The van der Waals surface area contributed by atoms with Crippen LogP contribution in [0, 0.1) is 25.0 Å². The number of rotatable bonds is 7. The summed E-state index contributed by atoms with van der Waals surface area (Å²) in [6, 6.07) is 41.0. The molecular weight excluding hydrogens is 845 g/mol. The number of aromatic nitrogens is 2. The molecule has 4 aromatic carbocycles. The fraction of sp³-hybridized carbons (Fsp3) is 0.277. The Kier molecular flexibility index (Phi) is 12.1. The van der Waals surface area contributed by atoms with Gasteiger partial charge >= 0.3 is 0 Å². The van der Waals surface area contributed by atoms with Crippen molar-refractivity contribution >= 4 is 44.8 Å². The molecule has 1 aliphatic rings. The van der Waals surface area contributed by atoms with Crippen molar-refractivity contribution in [1.82, 2.24) is 9.97 Å². The second-order valence-electron chi connectivity index (χ2n) is 15.4. The summed E-state index contributed by atoms with van der Waals surface area (Å²) >= 11 is 1.84. The van der Waals surface area contributed by atoms with Gasteiger partial charge in [-0.25, -0.2) is 0 Å². The smallest absolute Gasteiger partial charge is 0.0798 e. The van der Waals surface area contributed by atoms with E-state index in [-0.39, 0.29) is 20.1 Å². The molecule has 0 N–H and O–H groups in total. The summed E-state index contributed by atoms with van der Waals surface area (Å²) in [5.74, 6) is 1.35. The predicted molar refractivity (Wildman–Crippen MR) is 223 cm³/mol. The van der Waals surface area contributed by atoms with Gasteiger partial charge in [-0.1, -0.05) is 125 Å². The van der Waals surface area contributed by atoms with Crippen molar-refractivity contribution in [3.63, 3.8) is 0 Å². The molecule has 3 heterocycles. The number of thiophene rings is 1. The molecule has 52 heavy (non-hydrogen) atoms. The van der Waals surface area contributed by atoms with Gasteiger partial charge in [0.1, 0.15) is 0 Å². The van der Waals surface area contributed by atoms with E-state index in [4.69, 9.17) is 9.97 Å². The summed E-state index contributed by atoms with van der Waals surface area (Å²) in [5.41, 5.74) is 11.0. The van der Waals surface area contributed by atoms with Crippen molar-refractivity contribution in [2.45, 2.75) is 78.4 Å². The topological polar surface area (TPSA) is 25.8 Å². The molecule has 0 atom stereocenters. The molecule has 3 aromatic heterocycles. The van der Waals surface area contributed by atoms with E-state index < -0.39 is 8.07 Å². The van der Waals surface area contributed by atoms with Crippen LogP contribution in [0.4, 0.5) is 0 Å². The van der Waals surface area contributed by atoms with Crippen LogP contribution in [0.5, 0.6) is 0 Å². The van der Waals surface area contributed by atoms with Crippen molar-refractivity contribution in [2.75, 3.05) is 0 Å². The van der Waals surface area contributed by atoms with Gasteiger partial charge in [0, 0.05) is 37.2 Å². The van der Waals surface area contributed by atoms with Crippen LogP contribution >= 0.6 is 11.3 Å². The van der Waals surface area contributed by atoms with Gasteiger partial charge in [-0.15, -0.1) is 59.7 Å². The van der Waals surface area contributed by atoms with Crippen LogP contribution in [0.2, 0.25) is 19.6 Å². The minimum absolute atomic E-state index is 0. The van der Waals surface area contributed by atoms with E-state index >= 15 is 0 Å². The standard InChI is InChI=1S/C27H22NS.C20H26NSi.Ir/c1-17(2)23-15-24(28-16-18(23)3)21-12-7-13-22-26-20(19-9-5-4-6-10-19)11-8-14-25(26)29-27(21)22;1-22(2,3)20-15-21-19(17-11-5-4-6-12-17)14-18(20)13-16-9-7-8-10-16;/h4-11,13-17H,1-3H3;4-6,11,14-16H,7-10,13H2,1-3H3;/q2*-1;. The van der Waals surface area contributed by atoms with E-state index in [9.17, 15) is 0 Å². The molecule has 1 saturated carbocycles. The Hall–Kier alpha value is -3.73. The number of aryl methyl sites for hydroxylation is 1. The third-order valence-electron chi connectivity index (χ3n) is 10.3. The van der Waals surface area contributed by atoms with Gasteiger partial charge in [-0.2, -0.15) is 11.3 Å². The molecule has 0 amide bonds. The van der Waals surface area contributed by atoms with Crippen molar-refractivity contribution in [3.05, 3.63) is 138 Å². The summed E-state index contributed by atoms with van der Waals surface area (Å²) in [6.07, 6.45) is 11.0. The van der Waals surface area contributed by atoms with E-state index in [1.54, 1.807) is 10.8 Å². The van der Waals surface area contributed by atoms with Gasteiger partial charge in [-0.3, -0.25) is 0 Å². The SMILES string of the molecule is C[Si](C)(C)c1cnc(-c2[c-]cccc2)cc1CC1CCCC1.Cc1cnc(-c2[c-]ccc3c2sc2cccc(-c4ccccc4)c23)cc1C(C)C.[Ir]. The monoisotopic (exact) mass is 893 g/mol. The first kappa shape index (κ1) is 38.0. The third-order valence-corrected chi connectivity index (χ3v) is 13.6. The zero-order chi connectivity index (χ0) is 35.5. The molecule has 267 valence electrons. The predicted octanol–water partition coefficient (Wildman–Crippen LogP) is 12.8. The molecule has 0 spiro atoms. The Morgan fingerprint density at radius 3 is 2.27 bits per heavy atom. The van der Waals surface area contributed by atoms with E-state index in [1.165, 1.54) is 74.5 Å². The number of hydrogen-bond donors (Lipinski definition) is 0. The molecule has 0 bridgehead atoms. The second kappa shape index (κ2) is 16.5. The van der Waals surface area contributed by atoms with Crippen molar-refractivity contribution in [3.8, 4) is 33.6 Å². The summed E-state index contributed by atoms with van der Waals surface area (Å²) < 4.78 is 2.57. The Morgan fingerprint density at radius 1 is 0.808 bits per heavy atom. The first-order valence-corrected chi connectivity index (χ1v) is 22.8. The number of fused-ring (bicyclic) bond motifs is 3. The largest absolute Gasteiger partial charge is 0.305 e. The van der Waals surface area contributed by atoms with Crippen molar-refractivity contribution in [2.24, 2.45) is 5.92 Å². The summed E-state index contributed by atoms with van der Waals surface area (Å²) in [6.45, 7) is 13.9. The van der Waals surface area contributed by atoms with E-state index in [1.807, 2.05) is 35.7 Å². The van der Waals surface area contributed by atoms with Gasteiger partial charge in [0.15, 0.2) is 0 Å². The average molecular weight is 893 g/mol. The number of benzene rings is 4. The quantitative estimate of drug-likeness (QED) is 0.118. The number of hydrogen-bond acceptors (Lipinski definition) is 3. The van der Waals surface area contributed by atoms with Crippen LogP contribution < -0.4 is 5.19 Å². The molecule has 7 aromatic rings. The molecule has 1 aliphatic carbocycles. The maximum atomic E-state index is 4.77. The third kappa shape index (κ3) is 8.24. The fourth-order valence-electron chi connectivity index (χ4n) is 7.70. The van der Waals surface area contributed by atoms with E-state index in [0.29, 0.717) is 5.92 Å². The average Bonchev–Trinajstić information content (AvgIpc) is 3.80. The Morgan fingerprint density at radius 2 is 1.56 bits per heavy atom. The van der Waals surface area contributed by atoms with Crippen LogP contribution in [0.1, 0.15) is 62.1 Å². The summed E-state index contributed by atoms with van der Waals surface area (Å²) in [7, 11) is -1.35. The van der Waals surface area contributed by atoms with Gasteiger partial charge < -0.3 is 9.97 Å². The van der Waals surface area contributed by atoms with Crippen molar-refractivity contribution < 1.29 is 20.1 Å². The first-order valence-electron chi connectivity index (χ1n) is 18.5. The first-order chi connectivity index (χ1) is 24.7. The second-order valence-corrected chi connectivity index (χ2v) is 21.5. The zero-order valence-corrected chi connectivity index (χ0v) is 35.4. The molecule has 1 fully saturated rings. The van der Waals surface area contributed by atoms with Gasteiger partial charge in [0.05, 0.1) is 8.07 Å². The molecule has 0 saturated heterocycles. The van der Waals surface area contributed by atoms with Crippen LogP contribution in [0.3, 0.4) is 0 Å². The number of nitrogens with zero attached hydrogens (tertiary/aromatic N) is 2. The van der Waals surface area contributed by atoms with Gasteiger partial charge in [0.2, 0.25) is 0 Å². The van der Waals surface area contributed by atoms with Gasteiger partial charge in [-0.05, 0) is 80.2 Å². The van der Waals surface area contributed by atoms with Crippen LogP contribution in [0.15, 0.2) is 109 Å². The normalized spacial score (nSPS) is 13.3. The van der Waals surface area contributed by atoms with Crippen LogP contribution in [-0.2, 0) is 26.5 Å². The summed E-state index contributed by atoms with van der Waals surface area (Å²) in [4.78, 5) is 9.52. The molecule has 8 rings (SSSR count). The molecular formula is C47H48IrN2SSi-2. The maximum Gasteiger partial charge on any atom is 0.0798 e. The van der Waals surface area contributed by atoms with Crippen LogP contribution in [0.25, 0.3) is 53.8 Å². The fourth-order valence-corrected chi connectivity index (χ4v) is 10.5. The Bertz CT molecular complexity index is 2270. The molecule has 5 heteroatoms. The summed E-state index contributed by atoms with van der Waals surface area (Å²) in [5, 5.41) is 4.15. The maximum absolute atomic E-state index is 4.77.